The van der Waals surface area contributed by atoms with Crippen LogP contribution in [-0.2, 0) is 9.53 Å². The van der Waals surface area contributed by atoms with E-state index in [0.717, 1.165) is 25.1 Å². The number of piperidine rings is 1. The lowest BCUT2D eigenvalue weighted by atomic mass is 9.84. The first-order valence-corrected chi connectivity index (χ1v) is 10.2. The molecule has 3 aliphatic rings. The van der Waals surface area contributed by atoms with E-state index in [1.807, 2.05) is 29.7 Å². The molecule has 0 bridgehead atoms. The van der Waals surface area contributed by atoms with Crippen LogP contribution >= 0.6 is 0 Å². The standard InChI is InChI=1S/C21H30N2O4/c1-15-12-18(16(2)27-15)20(25)22-8-6-21(7-9-22)13-19(24)23(10-11-26-21)14-17-4-3-5-17/h12,17H,3-11,13-14H2,1-2H3. The zero-order valence-electron chi connectivity index (χ0n) is 16.5. The number of amides is 2. The second-order valence-corrected chi connectivity index (χ2v) is 8.46. The molecule has 2 aliphatic heterocycles. The van der Waals surface area contributed by atoms with Crippen LogP contribution in [0, 0.1) is 19.8 Å². The van der Waals surface area contributed by atoms with Crippen molar-refractivity contribution < 1.29 is 18.7 Å². The van der Waals surface area contributed by atoms with E-state index in [9.17, 15) is 9.59 Å². The normalized spacial score (nSPS) is 23.4. The Morgan fingerprint density at radius 2 is 1.96 bits per heavy atom. The highest BCUT2D eigenvalue weighted by atomic mass is 16.5. The molecule has 1 aliphatic carbocycles. The number of aryl methyl sites for hydroxylation is 2. The molecule has 1 spiro atoms. The molecule has 0 unspecified atom stereocenters. The lowest BCUT2D eigenvalue weighted by Gasteiger charge is -2.40. The molecule has 0 atom stereocenters. The van der Waals surface area contributed by atoms with Gasteiger partial charge in [0.1, 0.15) is 11.5 Å². The van der Waals surface area contributed by atoms with Crippen molar-refractivity contribution in [1.29, 1.82) is 0 Å². The van der Waals surface area contributed by atoms with Crippen molar-refractivity contribution in [3.63, 3.8) is 0 Å². The summed E-state index contributed by atoms with van der Waals surface area (Å²) in [5, 5.41) is 0. The number of hydrogen-bond donors (Lipinski definition) is 0. The van der Waals surface area contributed by atoms with Gasteiger partial charge in [0.05, 0.1) is 24.2 Å². The minimum Gasteiger partial charge on any atom is -0.466 e. The van der Waals surface area contributed by atoms with Crippen LogP contribution < -0.4 is 0 Å². The van der Waals surface area contributed by atoms with E-state index < -0.39 is 5.60 Å². The third-order valence-electron chi connectivity index (χ3n) is 6.53. The SMILES string of the molecule is Cc1cc(C(=O)N2CCC3(CC2)CC(=O)N(CC2CCC2)CCO3)c(C)o1. The molecule has 1 saturated carbocycles. The van der Waals surface area contributed by atoms with Crippen molar-refractivity contribution in [1.82, 2.24) is 9.80 Å². The summed E-state index contributed by atoms with van der Waals surface area (Å²) in [4.78, 5) is 29.5. The fraction of sp³-hybridized carbons (Fsp3) is 0.714. The Morgan fingerprint density at radius 1 is 1.22 bits per heavy atom. The average Bonchev–Trinajstić information content (AvgIpc) is 2.86. The van der Waals surface area contributed by atoms with Gasteiger partial charge in [0.25, 0.3) is 5.91 Å². The predicted molar refractivity (Wildman–Crippen MR) is 101 cm³/mol. The van der Waals surface area contributed by atoms with Gasteiger partial charge in [-0.25, -0.2) is 0 Å². The van der Waals surface area contributed by atoms with E-state index in [2.05, 4.69) is 0 Å². The second kappa shape index (κ2) is 7.30. The minimum absolute atomic E-state index is 0.0192. The summed E-state index contributed by atoms with van der Waals surface area (Å²) >= 11 is 0. The van der Waals surface area contributed by atoms with Crippen molar-refractivity contribution in [3.05, 3.63) is 23.2 Å². The van der Waals surface area contributed by atoms with E-state index in [-0.39, 0.29) is 11.8 Å². The zero-order chi connectivity index (χ0) is 19.0. The van der Waals surface area contributed by atoms with Crippen LogP contribution in [0.5, 0.6) is 0 Å². The van der Waals surface area contributed by atoms with Crippen LogP contribution in [0.3, 0.4) is 0 Å². The first-order chi connectivity index (χ1) is 13.0. The van der Waals surface area contributed by atoms with Crippen LogP contribution in [0.4, 0.5) is 0 Å². The number of rotatable bonds is 3. The van der Waals surface area contributed by atoms with Crippen molar-refractivity contribution in [3.8, 4) is 0 Å². The first kappa shape index (κ1) is 18.5. The van der Waals surface area contributed by atoms with E-state index in [4.69, 9.17) is 9.15 Å². The lowest BCUT2D eigenvalue weighted by Crippen LogP contribution is -2.49. The summed E-state index contributed by atoms with van der Waals surface area (Å²) in [6.45, 7) is 7.13. The van der Waals surface area contributed by atoms with Crippen molar-refractivity contribution >= 4 is 11.8 Å². The molecule has 4 rings (SSSR count). The minimum atomic E-state index is -0.399. The van der Waals surface area contributed by atoms with E-state index in [0.29, 0.717) is 49.9 Å². The van der Waals surface area contributed by atoms with Gasteiger partial charge in [-0.1, -0.05) is 6.42 Å². The number of hydrogen-bond acceptors (Lipinski definition) is 4. The Morgan fingerprint density at radius 3 is 2.56 bits per heavy atom. The maximum absolute atomic E-state index is 12.8. The molecule has 1 aromatic rings. The monoisotopic (exact) mass is 374 g/mol. The van der Waals surface area contributed by atoms with Crippen LogP contribution in [0.15, 0.2) is 10.5 Å². The number of furan rings is 1. The van der Waals surface area contributed by atoms with Gasteiger partial charge in [0.2, 0.25) is 5.91 Å². The van der Waals surface area contributed by atoms with Crippen molar-refractivity contribution in [2.45, 2.75) is 58.0 Å². The molecule has 3 heterocycles. The Balaban J connectivity index is 1.37. The third-order valence-corrected chi connectivity index (χ3v) is 6.53. The summed E-state index contributed by atoms with van der Waals surface area (Å²) < 4.78 is 11.7. The van der Waals surface area contributed by atoms with Crippen LogP contribution in [0.2, 0.25) is 0 Å². The predicted octanol–water partition coefficient (Wildman–Crippen LogP) is 2.92. The Bertz CT molecular complexity index is 714. The number of ether oxygens (including phenoxy) is 1. The molecule has 6 nitrogen and oxygen atoms in total. The fourth-order valence-corrected chi connectivity index (χ4v) is 4.57. The fourth-order valence-electron chi connectivity index (χ4n) is 4.57. The average molecular weight is 374 g/mol. The molecule has 27 heavy (non-hydrogen) atoms. The van der Waals surface area contributed by atoms with Gasteiger partial charge in [0.15, 0.2) is 0 Å². The van der Waals surface area contributed by atoms with Crippen LogP contribution in [0.25, 0.3) is 0 Å². The molecule has 0 radical (unpaired) electrons. The van der Waals surface area contributed by atoms with E-state index >= 15 is 0 Å². The van der Waals surface area contributed by atoms with Crippen molar-refractivity contribution in [2.75, 3.05) is 32.8 Å². The summed E-state index contributed by atoms with van der Waals surface area (Å²) in [5.74, 6) is 2.36. The van der Waals surface area contributed by atoms with Gasteiger partial charge < -0.3 is 19.0 Å². The van der Waals surface area contributed by atoms with E-state index in [1.54, 1.807) is 0 Å². The molecule has 6 heteroatoms. The third kappa shape index (κ3) is 3.77. The van der Waals surface area contributed by atoms with Gasteiger partial charge in [-0.15, -0.1) is 0 Å². The molecule has 3 fully saturated rings. The Labute approximate surface area is 160 Å². The second-order valence-electron chi connectivity index (χ2n) is 8.46. The number of carbonyl (C=O) groups excluding carboxylic acids is 2. The lowest BCUT2D eigenvalue weighted by molar-refractivity contribution is -0.135. The number of nitrogens with zero attached hydrogens (tertiary/aromatic N) is 2. The van der Waals surface area contributed by atoms with Crippen LogP contribution in [-0.4, -0.2) is 60.0 Å². The Hall–Kier alpha value is -1.82. The van der Waals surface area contributed by atoms with Crippen LogP contribution in [0.1, 0.15) is 60.4 Å². The molecule has 0 N–H and O–H groups in total. The molecule has 148 valence electrons. The van der Waals surface area contributed by atoms with Gasteiger partial charge in [0, 0.05) is 26.2 Å². The highest BCUT2D eigenvalue weighted by Gasteiger charge is 2.42. The summed E-state index contributed by atoms with van der Waals surface area (Å²) in [7, 11) is 0. The summed E-state index contributed by atoms with van der Waals surface area (Å²) in [6.07, 6.45) is 5.69. The number of likely N-dealkylation sites (tertiary alicyclic amines) is 1. The maximum Gasteiger partial charge on any atom is 0.257 e. The molecule has 1 aromatic heterocycles. The van der Waals surface area contributed by atoms with Gasteiger partial charge in [-0.3, -0.25) is 9.59 Å². The highest BCUT2D eigenvalue weighted by molar-refractivity contribution is 5.95. The summed E-state index contributed by atoms with van der Waals surface area (Å²) in [6, 6.07) is 1.81. The molecular formula is C21H30N2O4. The van der Waals surface area contributed by atoms with Crippen molar-refractivity contribution in [2.24, 2.45) is 5.92 Å². The quantitative estimate of drug-likeness (QED) is 0.816. The van der Waals surface area contributed by atoms with Gasteiger partial charge >= 0.3 is 0 Å². The molecule has 2 amide bonds. The van der Waals surface area contributed by atoms with Gasteiger partial charge in [-0.2, -0.15) is 0 Å². The first-order valence-electron chi connectivity index (χ1n) is 10.2. The number of carbonyl (C=O) groups is 2. The topological polar surface area (TPSA) is 63.0 Å². The summed E-state index contributed by atoms with van der Waals surface area (Å²) in [5.41, 5.74) is 0.247. The van der Waals surface area contributed by atoms with E-state index in [1.165, 1.54) is 19.3 Å². The zero-order valence-corrected chi connectivity index (χ0v) is 16.5. The van der Waals surface area contributed by atoms with Gasteiger partial charge in [-0.05, 0) is 51.5 Å². The smallest absolute Gasteiger partial charge is 0.257 e. The largest absolute Gasteiger partial charge is 0.466 e. The maximum atomic E-state index is 12.8. The highest BCUT2D eigenvalue weighted by Crippen LogP contribution is 2.34. The molecule has 0 aromatic carbocycles. The molecular weight excluding hydrogens is 344 g/mol. The molecule has 2 saturated heterocycles. The Kier molecular flexibility index (Phi) is 5.01.